The summed E-state index contributed by atoms with van der Waals surface area (Å²) < 4.78 is 5.40. The highest BCUT2D eigenvalue weighted by atomic mass is 16.5. The zero-order chi connectivity index (χ0) is 13.0. The maximum atomic E-state index is 11.4. The molecule has 2 aromatic rings. The number of benzene rings is 1. The smallest absolute Gasteiger partial charge is 0.258 e. The summed E-state index contributed by atoms with van der Waals surface area (Å²) in [6.07, 6.45) is 1.63. The highest BCUT2D eigenvalue weighted by Gasteiger charge is 2.05. The highest BCUT2D eigenvalue weighted by molar-refractivity contribution is 5.80. The lowest BCUT2D eigenvalue weighted by Gasteiger charge is -2.09. The van der Waals surface area contributed by atoms with E-state index in [0.717, 1.165) is 10.9 Å². The van der Waals surface area contributed by atoms with Crippen molar-refractivity contribution in [2.24, 2.45) is 0 Å². The number of rotatable bonds is 4. The molecule has 1 aromatic heterocycles. The SMILES string of the molecule is CC(C)NC(=O)COc1cnc2ccccc2c1. The average Bonchev–Trinajstić information content (AvgIpc) is 2.35. The second-order valence-electron chi connectivity index (χ2n) is 4.37. The molecule has 1 heterocycles. The van der Waals surface area contributed by atoms with Crippen molar-refractivity contribution in [1.29, 1.82) is 0 Å². The summed E-state index contributed by atoms with van der Waals surface area (Å²) in [5, 5.41) is 3.77. The second-order valence-corrected chi connectivity index (χ2v) is 4.37. The zero-order valence-corrected chi connectivity index (χ0v) is 10.5. The highest BCUT2D eigenvalue weighted by Crippen LogP contribution is 2.17. The first-order chi connectivity index (χ1) is 8.65. The molecule has 0 bridgehead atoms. The van der Waals surface area contributed by atoms with Gasteiger partial charge in [0.25, 0.3) is 5.91 Å². The maximum Gasteiger partial charge on any atom is 0.258 e. The van der Waals surface area contributed by atoms with Gasteiger partial charge in [-0.3, -0.25) is 9.78 Å². The third-order valence-corrected chi connectivity index (χ3v) is 2.38. The van der Waals surface area contributed by atoms with Crippen LogP contribution in [0.5, 0.6) is 5.75 Å². The van der Waals surface area contributed by atoms with Crippen molar-refractivity contribution in [3.63, 3.8) is 0 Å². The van der Waals surface area contributed by atoms with E-state index in [0.29, 0.717) is 5.75 Å². The molecule has 0 spiro atoms. The van der Waals surface area contributed by atoms with Gasteiger partial charge in [0.15, 0.2) is 6.61 Å². The molecule has 0 atom stereocenters. The number of hydrogen-bond acceptors (Lipinski definition) is 3. The minimum absolute atomic E-state index is 0.0121. The number of hydrogen-bond donors (Lipinski definition) is 1. The minimum atomic E-state index is -0.127. The fourth-order valence-corrected chi connectivity index (χ4v) is 1.64. The molecule has 0 fully saturated rings. The Morgan fingerprint density at radius 1 is 1.39 bits per heavy atom. The Labute approximate surface area is 106 Å². The molecule has 0 aliphatic rings. The number of fused-ring (bicyclic) bond motifs is 1. The first-order valence-corrected chi connectivity index (χ1v) is 5.92. The van der Waals surface area contributed by atoms with E-state index in [1.165, 1.54) is 0 Å². The van der Waals surface area contributed by atoms with E-state index < -0.39 is 0 Å². The molecule has 1 aromatic carbocycles. The van der Waals surface area contributed by atoms with Crippen LogP contribution in [-0.4, -0.2) is 23.5 Å². The monoisotopic (exact) mass is 244 g/mol. The van der Waals surface area contributed by atoms with Gasteiger partial charge >= 0.3 is 0 Å². The van der Waals surface area contributed by atoms with Gasteiger partial charge in [0.1, 0.15) is 5.75 Å². The fourth-order valence-electron chi connectivity index (χ4n) is 1.64. The van der Waals surface area contributed by atoms with Gasteiger partial charge in [0.05, 0.1) is 11.7 Å². The number of carbonyl (C=O) groups excluding carboxylic acids is 1. The molecular formula is C14H16N2O2. The van der Waals surface area contributed by atoms with Crippen molar-refractivity contribution in [3.05, 3.63) is 36.5 Å². The lowest BCUT2D eigenvalue weighted by Crippen LogP contribution is -2.34. The molecular weight excluding hydrogens is 228 g/mol. The Bertz CT molecular complexity index is 552. The Morgan fingerprint density at radius 2 is 2.17 bits per heavy atom. The Morgan fingerprint density at radius 3 is 2.94 bits per heavy atom. The normalized spacial score (nSPS) is 10.6. The summed E-state index contributed by atoms with van der Waals surface area (Å²) in [7, 11) is 0. The number of carbonyl (C=O) groups is 1. The van der Waals surface area contributed by atoms with Crippen LogP contribution in [-0.2, 0) is 4.79 Å². The summed E-state index contributed by atoms with van der Waals surface area (Å²) in [5.41, 5.74) is 0.913. The van der Waals surface area contributed by atoms with Crippen LogP contribution < -0.4 is 10.1 Å². The third kappa shape index (κ3) is 3.20. The van der Waals surface area contributed by atoms with Crippen molar-refractivity contribution in [3.8, 4) is 5.75 Å². The van der Waals surface area contributed by atoms with Crippen LogP contribution in [0.15, 0.2) is 36.5 Å². The Balaban J connectivity index is 2.01. The Hall–Kier alpha value is -2.10. The summed E-state index contributed by atoms with van der Waals surface area (Å²) in [4.78, 5) is 15.7. The molecule has 18 heavy (non-hydrogen) atoms. The molecule has 0 unspecified atom stereocenters. The molecule has 94 valence electrons. The zero-order valence-electron chi connectivity index (χ0n) is 10.5. The lowest BCUT2D eigenvalue weighted by molar-refractivity contribution is -0.123. The van der Waals surface area contributed by atoms with Gasteiger partial charge in [0.2, 0.25) is 0 Å². The molecule has 2 rings (SSSR count). The minimum Gasteiger partial charge on any atom is -0.482 e. The van der Waals surface area contributed by atoms with Gasteiger partial charge in [-0.15, -0.1) is 0 Å². The van der Waals surface area contributed by atoms with Gasteiger partial charge in [0, 0.05) is 11.4 Å². The topological polar surface area (TPSA) is 51.2 Å². The van der Waals surface area contributed by atoms with Crippen LogP contribution in [0.3, 0.4) is 0 Å². The van der Waals surface area contributed by atoms with Gasteiger partial charge in [-0.05, 0) is 26.0 Å². The molecule has 1 N–H and O–H groups in total. The first kappa shape index (κ1) is 12.4. The van der Waals surface area contributed by atoms with Crippen molar-refractivity contribution >= 4 is 16.8 Å². The van der Waals surface area contributed by atoms with Crippen LogP contribution in [0.2, 0.25) is 0 Å². The fraction of sp³-hybridized carbons (Fsp3) is 0.286. The quantitative estimate of drug-likeness (QED) is 0.896. The largest absolute Gasteiger partial charge is 0.482 e. The summed E-state index contributed by atoms with van der Waals surface area (Å²) in [5.74, 6) is 0.478. The predicted molar refractivity (Wildman–Crippen MR) is 70.5 cm³/mol. The van der Waals surface area contributed by atoms with E-state index in [1.807, 2.05) is 44.2 Å². The van der Waals surface area contributed by atoms with Crippen molar-refractivity contribution in [2.75, 3.05) is 6.61 Å². The van der Waals surface area contributed by atoms with E-state index in [1.54, 1.807) is 6.20 Å². The number of amides is 1. The second kappa shape index (κ2) is 5.49. The van der Waals surface area contributed by atoms with Gasteiger partial charge < -0.3 is 10.1 Å². The number of para-hydroxylation sites is 1. The van der Waals surface area contributed by atoms with E-state index in [4.69, 9.17) is 4.74 Å². The van der Waals surface area contributed by atoms with Crippen LogP contribution in [0.1, 0.15) is 13.8 Å². The third-order valence-electron chi connectivity index (χ3n) is 2.38. The van der Waals surface area contributed by atoms with Crippen molar-refractivity contribution in [2.45, 2.75) is 19.9 Å². The number of nitrogens with one attached hydrogen (secondary N) is 1. The van der Waals surface area contributed by atoms with Crippen molar-refractivity contribution in [1.82, 2.24) is 10.3 Å². The average molecular weight is 244 g/mol. The molecule has 0 saturated heterocycles. The van der Waals surface area contributed by atoms with Crippen LogP contribution in [0.4, 0.5) is 0 Å². The predicted octanol–water partition coefficient (Wildman–Crippen LogP) is 2.14. The van der Waals surface area contributed by atoms with Crippen LogP contribution in [0, 0.1) is 0 Å². The van der Waals surface area contributed by atoms with E-state index >= 15 is 0 Å². The van der Waals surface area contributed by atoms with E-state index in [2.05, 4.69) is 10.3 Å². The van der Waals surface area contributed by atoms with E-state index in [-0.39, 0.29) is 18.6 Å². The lowest BCUT2D eigenvalue weighted by atomic mass is 10.2. The number of aromatic nitrogens is 1. The molecule has 1 amide bonds. The standard InChI is InChI=1S/C14H16N2O2/c1-10(2)16-14(17)9-18-12-7-11-5-3-4-6-13(11)15-8-12/h3-8,10H,9H2,1-2H3,(H,16,17). The van der Waals surface area contributed by atoms with Gasteiger partial charge in [-0.25, -0.2) is 0 Å². The number of pyridine rings is 1. The van der Waals surface area contributed by atoms with Gasteiger partial charge in [-0.2, -0.15) is 0 Å². The van der Waals surface area contributed by atoms with Gasteiger partial charge in [-0.1, -0.05) is 18.2 Å². The number of ether oxygens (including phenoxy) is 1. The summed E-state index contributed by atoms with van der Waals surface area (Å²) in [6.45, 7) is 3.84. The molecule has 0 radical (unpaired) electrons. The maximum absolute atomic E-state index is 11.4. The van der Waals surface area contributed by atoms with E-state index in [9.17, 15) is 4.79 Å². The molecule has 4 heteroatoms. The van der Waals surface area contributed by atoms with Crippen molar-refractivity contribution < 1.29 is 9.53 Å². The molecule has 0 saturated carbocycles. The summed E-state index contributed by atoms with van der Waals surface area (Å²) in [6, 6.07) is 9.78. The molecule has 0 aliphatic carbocycles. The van der Waals surface area contributed by atoms with Crippen LogP contribution in [0.25, 0.3) is 10.9 Å². The molecule has 0 aliphatic heterocycles. The number of nitrogens with zero attached hydrogens (tertiary/aromatic N) is 1. The van der Waals surface area contributed by atoms with Crippen LogP contribution >= 0.6 is 0 Å². The first-order valence-electron chi connectivity index (χ1n) is 5.92. The Kier molecular flexibility index (Phi) is 3.77. The summed E-state index contributed by atoms with van der Waals surface area (Å²) >= 11 is 0. The molecule has 4 nitrogen and oxygen atoms in total.